The molecule has 2 heteroatoms. The first kappa shape index (κ1) is 17.3. The van der Waals surface area contributed by atoms with Crippen LogP contribution < -0.4 is 4.74 Å². The van der Waals surface area contributed by atoms with Gasteiger partial charge in [0, 0.05) is 17.0 Å². The van der Waals surface area contributed by atoms with Gasteiger partial charge in [-0.1, -0.05) is 85.4 Å². The number of para-hydroxylation sites is 1. The van der Waals surface area contributed by atoms with Gasteiger partial charge in [-0.2, -0.15) is 0 Å². The summed E-state index contributed by atoms with van der Waals surface area (Å²) in [5.41, 5.74) is 2.04. The number of carbonyl (C=O) groups excluding carboxylic acids is 1. The zero-order valence-corrected chi connectivity index (χ0v) is 15.3. The Morgan fingerprint density at radius 3 is 2.19 bits per heavy atom. The number of benzene rings is 3. The molecule has 27 heavy (non-hydrogen) atoms. The Kier molecular flexibility index (Phi) is 4.41. The Hall–Kier alpha value is -3.13. The molecule has 4 rings (SSSR count). The lowest BCUT2D eigenvalue weighted by molar-refractivity contribution is 0.0378. The van der Waals surface area contributed by atoms with Gasteiger partial charge >= 0.3 is 0 Å². The number of Topliss-reactive ketones (excluding diaryl/α,β-unsaturated/α-hetero) is 1. The minimum Gasteiger partial charge on any atom is -0.482 e. The number of rotatable bonds is 4. The predicted octanol–water partition coefficient (Wildman–Crippen LogP) is 5.65. The maximum atomic E-state index is 13.6. The van der Waals surface area contributed by atoms with E-state index in [-0.39, 0.29) is 11.7 Å². The molecular formula is C25H22O2. The zero-order chi connectivity index (χ0) is 18.9. The molecule has 3 aromatic carbocycles. The molecule has 2 nitrogen and oxygen atoms in total. The van der Waals surface area contributed by atoms with E-state index in [0.717, 1.165) is 16.9 Å². The molecule has 134 valence electrons. The quantitative estimate of drug-likeness (QED) is 0.447. The summed E-state index contributed by atoms with van der Waals surface area (Å²) in [6.45, 7) is 5.96. The van der Waals surface area contributed by atoms with E-state index in [4.69, 9.17) is 4.74 Å². The van der Waals surface area contributed by atoms with E-state index < -0.39 is 11.5 Å². The molecule has 0 N–H and O–H groups in total. The Morgan fingerprint density at radius 1 is 0.926 bits per heavy atom. The van der Waals surface area contributed by atoms with Gasteiger partial charge in [-0.3, -0.25) is 4.79 Å². The summed E-state index contributed by atoms with van der Waals surface area (Å²) in [5, 5.41) is 0. The van der Waals surface area contributed by atoms with Crippen molar-refractivity contribution in [3.8, 4) is 5.75 Å². The number of hydrogen-bond acceptors (Lipinski definition) is 2. The summed E-state index contributed by atoms with van der Waals surface area (Å²) < 4.78 is 6.34. The summed E-state index contributed by atoms with van der Waals surface area (Å²) in [6.07, 6.45) is 1.77. The highest BCUT2D eigenvalue weighted by Gasteiger charge is 2.49. The van der Waals surface area contributed by atoms with Crippen molar-refractivity contribution in [3.05, 3.63) is 114 Å². The third-order valence-corrected chi connectivity index (χ3v) is 5.44. The molecule has 1 aliphatic rings. The maximum absolute atomic E-state index is 13.6. The largest absolute Gasteiger partial charge is 0.482 e. The summed E-state index contributed by atoms with van der Waals surface area (Å²) >= 11 is 0. The van der Waals surface area contributed by atoms with E-state index in [1.54, 1.807) is 6.08 Å². The van der Waals surface area contributed by atoms with Crippen LogP contribution in [-0.2, 0) is 0 Å². The second kappa shape index (κ2) is 6.88. The SMILES string of the molecule is C=CC1(C)Oc2ccccc2C(c2ccccc2)C1C(=O)c1ccccc1. The highest BCUT2D eigenvalue weighted by Crippen LogP contribution is 2.49. The molecule has 3 unspecified atom stereocenters. The molecule has 0 aliphatic carbocycles. The molecule has 0 aromatic heterocycles. The van der Waals surface area contributed by atoms with Gasteiger partial charge in [-0.25, -0.2) is 0 Å². The Labute approximate surface area is 160 Å². The van der Waals surface area contributed by atoms with Crippen LogP contribution in [0.2, 0.25) is 0 Å². The molecule has 3 atom stereocenters. The minimum atomic E-state index is -0.804. The van der Waals surface area contributed by atoms with Gasteiger partial charge in [0.25, 0.3) is 0 Å². The lowest BCUT2D eigenvalue weighted by Crippen LogP contribution is -2.49. The fourth-order valence-electron chi connectivity index (χ4n) is 4.04. The van der Waals surface area contributed by atoms with Crippen molar-refractivity contribution in [3.63, 3.8) is 0 Å². The van der Waals surface area contributed by atoms with E-state index in [9.17, 15) is 4.79 Å². The predicted molar refractivity (Wildman–Crippen MR) is 108 cm³/mol. The minimum absolute atomic E-state index is 0.0707. The van der Waals surface area contributed by atoms with Crippen LogP contribution in [0.25, 0.3) is 0 Å². The fraction of sp³-hybridized carbons (Fsp3) is 0.160. The molecule has 3 aromatic rings. The van der Waals surface area contributed by atoms with Gasteiger partial charge in [0.05, 0.1) is 5.92 Å². The monoisotopic (exact) mass is 354 g/mol. The van der Waals surface area contributed by atoms with Crippen molar-refractivity contribution < 1.29 is 9.53 Å². The molecule has 0 fully saturated rings. The van der Waals surface area contributed by atoms with Gasteiger partial charge in [0.1, 0.15) is 11.4 Å². The van der Waals surface area contributed by atoms with E-state index in [1.807, 2.05) is 73.7 Å². The molecule has 1 aliphatic heterocycles. The summed E-state index contributed by atoms with van der Waals surface area (Å²) in [5.74, 6) is 0.369. The zero-order valence-electron chi connectivity index (χ0n) is 15.3. The average molecular weight is 354 g/mol. The van der Waals surface area contributed by atoms with Crippen molar-refractivity contribution in [2.24, 2.45) is 5.92 Å². The second-order valence-corrected chi connectivity index (χ2v) is 7.12. The van der Waals surface area contributed by atoms with Gasteiger partial charge in [-0.05, 0) is 24.6 Å². The van der Waals surface area contributed by atoms with Crippen LogP contribution in [0.3, 0.4) is 0 Å². The number of fused-ring (bicyclic) bond motifs is 1. The van der Waals surface area contributed by atoms with E-state index in [2.05, 4.69) is 24.8 Å². The average Bonchev–Trinajstić information content (AvgIpc) is 2.73. The standard InChI is InChI=1S/C25H22O2/c1-3-25(2)23(24(26)19-14-8-5-9-15-19)22(18-12-6-4-7-13-18)20-16-10-11-17-21(20)27-25/h3-17,22-23H,1H2,2H3. The van der Waals surface area contributed by atoms with E-state index in [1.165, 1.54) is 0 Å². The van der Waals surface area contributed by atoms with Crippen LogP contribution in [0.15, 0.2) is 97.6 Å². The second-order valence-electron chi connectivity index (χ2n) is 7.12. The summed E-state index contributed by atoms with van der Waals surface area (Å²) in [4.78, 5) is 13.6. The third kappa shape index (κ3) is 2.97. The van der Waals surface area contributed by atoms with Crippen LogP contribution in [0.1, 0.15) is 34.3 Å². The van der Waals surface area contributed by atoms with E-state index in [0.29, 0.717) is 5.56 Å². The van der Waals surface area contributed by atoms with Crippen LogP contribution in [0.4, 0.5) is 0 Å². The Bertz CT molecular complexity index is 962. The normalized spacial score (nSPS) is 23.7. The lowest BCUT2D eigenvalue weighted by atomic mass is 9.67. The fourth-order valence-corrected chi connectivity index (χ4v) is 4.04. The van der Waals surface area contributed by atoms with Gasteiger partial charge in [-0.15, -0.1) is 0 Å². The van der Waals surface area contributed by atoms with Crippen molar-refractivity contribution in [2.45, 2.75) is 18.4 Å². The summed E-state index contributed by atoms with van der Waals surface area (Å²) in [7, 11) is 0. The smallest absolute Gasteiger partial charge is 0.171 e. The molecule has 0 spiro atoms. The van der Waals surface area contributed by atoms with Crippen molar-refractivity contribution in [2.75, 3.05) is 0 Å². The molecule has 0 saturated carbocycles. The van der Waals surface area contributed by atoms with Crippen molar-refractivity contribution >= 4 is 5.78 Å². The third-order valence-electron chi connectivity index (χ3n) is 5.44. The molecule has 0 amide bonds. The van der Waals surface area contributed by atoms with Crippen LogP contribution in [-0.4, -0.2) is 11.4 Å². The molecule has 0 radical (unpaired) electrons. The van der Waals surface area contributed by atoms with Crippen LogP contribution in [0, 0.1) is 5.92 Å². The summed E-state index contributed by atoms with van der Waals surface area (Å²) in [6, 6.07) is 27.6. The number of ketones is 1. The molecule has 0 saturated heterocycles. The van der Waals surface area contributed by atoms with Crippen molar-refractivity contribution in [1.29, 1.82) is 0 Å². The highest BCUT2D eigenvalue weighted by atomic mass is 16.5. The Balaban J connectivity index is 1.94. The topological polar surface area (TPSA) is 26.3 Å². The van der Waals surface area contributed by atoms with Gasteiger partial charge in [0.2, 0.25) is 0 Å². The van der Waals surface area contributed by atoms with E-state index >= 15 is 0 Å². The maximum Gasteiger partial charge on any atom is 0.171 e. The molecular weight excluding hydrogens is 332 g/mol. The molecule has 1 heterocycles. The van der Waals surface area contributed by atoms with Gasteiger partial charge in [0.15, 0.2) is 5.78 Å². The van der Waals surface area contributed by atoms with Crippen LogP contribution >= 0.6 is 0 Å². The first-order valence-corrected chi connectivity index (χ1v) is 9.20. The number of ether oxygens (including phenoxy) is 1. The molecule has 0 bridgehead atoms. The van der Waals surface area contributed by atoms with Crippen molar-refractivity contribution in [1.82, 2.24) is 0 Å². The first-order chi connectivity index (χ1) is 13.1. The van der Waals surface area contributed by atoms with Gasteiger partial charge < -0.3 is 4.74 Å². The Morgan fingerprint density at radius 2 is 1.52 bits per heavy atom. The first-order valence-electron chi connectivity index (χ1n) is 9.20. The number of hydrogen-bond donors (Lipinski definition) is 0. The highest BCUT2D eigenvalue weighted by molar-refractivity contribution is 6.00. The van der Waals surface area contributed by atoms with Crippen LogP contribution in [0.5, 0.6) is 5.75 Å². The number of carbonyl (C=O) groups is 1. The lowest BCUT2D eigenvalue weighted by Gasteiger charge is -2.44.